The van der Waals surface area contributed by atoms with Crippen molar-refractivity contribution in [3.05, 3.63) is 21.2 Å². The van der Waals surface area contributed by atoms with Crippen molar-refractivity contribution in [3.63, 3.8) is 0 Å². The highest BCUT2D eigenvalue weighted by molar-refractivity contribution is 9.10. The summed E-state index contributed by atoms with van der Waals surface area (Å²) in [6, 6.07) is 0. The Hall–Kier alpha value is -0.920. The van der Waals surface area contributed by atoms with Gasteiger partial charge < -0.3 is 20.5 Å². The number of aromatic amines is 1. The lowest BCUT2D eigenvalue weighted by Crippen LogP contribution is -2.37. The second-order valence-corrected chi connectivity index (χ2v) is 4.20. The monoisotopic (exact) mass is 277 g/mol. The van der Waals surface area contributed by atoms with Crippen LogP contribution in [-0.2, 0) is 0 Å². The summed E-state index contributed by atoms with van der Waals surface area (Å²) in [5.74, 6) is 0.326. The molecule has 0 aliphatic heterocycles. The van der Waals surface area contributed by atoms with Crippen molar-refractivity contribution in [1.29, 1.82) is 0 Å². The van der Waals surface area contributed by atoms with Crippen LogP contribution in [0.25, 0.3) is 0 Å². The van der Waals surface area contributed by atoms with Crippen molar-refractivity contribution in [2.45, 2.75) is 12.5 Å². The molecule has 4 N–H and O–H groups in total. The first-order chi connectivity index (χ1) is 6.96. The molecular weight excluding hydrogens is 266 g/mol. The summed E-state index contributed by atoms with van der Waals surface area (Å²) in [4.78, 5) is 17.4. The van der Waals surface area contributed by atoms with Gasteiger partial charge in [-0.1, -0.05) is 0 Å². The van der Waals surface area contributed by atoms with E-state index in [-0.39, 0.29) is 23.2 Å². The van der Waals surface area contributed by atoms with Crippen LogP contribution in [-0.4, -0.2) is 38.9 Å². The molecule has 0 aliphatic carbocycles. The van der Waals surface area contributed by atoms with E-state index in [0.29, 0.717) is 5.82 Å². The van der Waals surface area contributed by atoms with E-state index in [1.54, 1.807) is 0 Å². The summed E-state index contributed by atoms with van der Waals surface area (Å²) in [5.41, 5.74) is -1.56. The highest BCUT2D eigenvalue weighted by atomic mass is 79.9. The summed E-state index contributed by atoms with van der Waals surface area (Å²) < 4.78 is 0.263. The molecule has 1 aromatic heterocycles. The van der Waals surface area contributed by atoms with Gasteiger partial charge in [0.2, 0.25) is 0 Å². The van der Waals surface area contributed by atoms with Gasteiger partial charge in [0.25, 0.3) is 5.56 Å². The number of aliphatic hydroxyl groups excluding tert-OH is 1. The molecule has 0 spiro atoms. The third kappa shape index (κ3) is 3.29. The number of hydrogen-bond donors (Lipinski definition) is 4. The second-order valence-electron chi connectivity index (χ2n) is 3.40. The van der Waals surface area contributed by atoms with Crippen LogP contribution < -0.4 is 10.9 Å². The van der Waals surface area contributed by atoms with E-state index in [2.05, 4.69) is 31.2 Å². The molecule has 0 saturated carbocycles. The Morgan fingerprint density at radius 2 is 2.40 bits per heavy atom. The van der Waals surface area contributed by atoms with Gasteiger partial charge in [0.05, 0.1) is 12.9 Å². The van der Waals surface area contributed by atoms with Gasteiger partial charge in [0, 0.05) is 6.54 Å². The summed E-state index contributed by atoms with van der Waals surface area (Å²) >= 11 is 3.06. The average Bonchev–Trinajstić information content (AvgIpc) is 2.20. The van der Waals surface area contributed by atoms with Gasteiger partial charge in [0.15, 0.2) is 0 Å². The Labute approximate surface area is 94.5 Å². The quantitative estimate of drug-likeness (QED) is 0.605. The lowest BCUT2D eigenvalue weighted by atomic mass is 10.1. The highest BCUT2D eigenvalue weighted by Crippen LogP contribution is 2.14. The Kier molecular flexibility index (Phi) is 3.83. The zero-order valence-electron chi connectivity index (χ0n) is 8.12. The molecule has 1 unspecified atom stereocenters. The van der Waals surface area contributed by atoms with Gasteiger partial charge >= 0.3 is 0 Å². The SMILES string of the molecule is CC(O)(CO)CNc1nc[nH]c(=O)c1Br. The minimum absolute atomic E-state index is 0.0958. The maximum atomic E-state index is 11.1. The molecule has 1 atom stereocenters. The molecule has 0 saturated heterocycles. The zero-order chi connectivity index (χ0) is 11.5. The second kappa shape index (κ2) is 4.73. The van der Waals surface area contributed by atoms with Crippen molar-refractivity contribution in [2.24, 2.45) is 0 Å². The predicted molar refractivity (Wildman–Crippen MR) is 58.8 cm³/mol. The van der Waals surface area contributed by atoms with Gasteiger partial charge in [0.1, 0.15) is 15.9 Å². The van der Waals surface area contributed by atoms with Crippen molar-refractivity contribution in [1.82, 2.24) is 9.97 Å². The molecule has 7 heteroatoms. The van der Waals surface area contributed by atoms with Gasteiger partial charge in [-0.05, 0) is 22.9 Å². The zero-order valence-corrected chi connectivity index (χ0v) is 9.71. The average molecular weight is 278 g/mol. The van der Waals surface area contributed by atoms with E-state index in [1.165, 1.54) is 13.3 Å². The van der Waals surface area contributed by atoms with Crippen molar-refractivity contribution < 1.29 is 10.2 Å². The van der Waals surface area contributed by atoms with Crippen LogP contribution in [0.3, 0.4) is 0 Å². The Morgan fingerprint density at radius 3 is 3.00 bits per heavy atom. The molecule has 1 heterocycles. The largest absolute Gasteiger partial charge is 0.393 e. The lowest BCUT2D eigenvalue weighted by molar-refractivity contribution is 0.0131. The summed E-state index contributed by atoms with van der Waals surface area (Å²) in [5, 5.41) is 21.1. The van der Waals surface area contributed by atoms with Gasteiger partial charge in [-0.2, -0.15) is 0 Å². The van der Waals surface area contributed by atoms with Crippen LogP contribution in [0.4, 0.5) is 5.82 Å². The fraction of sp³-hybridized carbons (Fsp3) is 0.500. The maximum Gasteiger partial charge on any atom is 0.267 e. The number of hydrogen-bond acceptors (Lipinski definition) is 5. The fourth-order valence-corrected chi connectivity index (χ4v) is 1.19. The van der Waals surface area contributed by atoms with Crippen LogP contribution in [0, 0.1) is 0 Å². The molecule has 84 valence electrons. The van der Waals surface area contributed by atoms with Crippen LogP contribution in [0.15, 0.2) is 15.6 Å². The third-order valence-electron chi connectivity index (χ3n) is 1.77. The smallest absolute Gasteiger partial charge is 0.267 e. The number of aliphatic hydroxyl groups is 2. The standard InChI is InChI=1S/C8H12BrN3O3/c1-8(15,3-13)2-10-6-5(9)7(14)12-4-11-6/h4,13,15H,2-3H2,1H3,(H2,10,11,12,14). The van der Waals surface area contributed by atoms with E-state index in [1.807, 2.05) is 0 Å². The maximum absolute atomic E-state index is 11.1. The molecule has 0 radical (unpaired) electrons. The normalized spacial score (nSPS) is 14.7. The molecule has 0 aromatic carbocycles. The lowest BCUT2D eigenvalue weighted by Gasteiger charge is -2.20. The molecule has 0 amide bonds. The molecule has 0 bridgehead atoms. The fourth-order valence-electron chi connectivity index (χ4n) is 0.836. The minimum atomic E-state index is -1.25. The van der Waals surface area contributed by atoms with Gasteiger partial charge in [-0.3, -0.25) is 4.79 Å². The Bertz CT molecular complexity index is 391. The topological polar surface area (TPSA) is 98.2 Å². The summed E-state index contributed by atoms with van der Waals surface area (Å²) in [7, 11) is 0. The minimum Gasteiger partial charge on any atom is -0.393 e. The van der Waals surface area contributed by atoms with Crippen LogP contribution in [0.5, 0.6) is 0 Å². The Morgan fingerprint density at radius 1 is 1.73 bits per heavy atom. The van der Waals surface area contributed by atoms with Crippen molar-refractivity contribution in [2.75, 3.05) is 18.5 Å². The molecule has 0 aliphatic rings. The van der Waals surface area contributed by atoms with Gasteiger partial charge in [-0.15, -0.1) is 0 Å². The van der Waals surface area contributed by atoms with E-state index >= 15 is 0 Å². The number of H-pyrrole nitrogens is 1. The number of aromatic nitrogens is 2. The van der Waals surface area contributed by atoms with Crippen molar-refractivity contribution >= 4 is 21.7 Å². The first kappa shape index (κ1) is 12.2. The first-order valence-corrected chi connectivity index (χ1v) is 5.06. The number of rotatable bonds is 4. The van der Waals surface area contributed by atoms with Crippen molar-refractivity contribution in [3.8, 4) is 0 Å². The van der Waals surface area contributed by atoms with E-state index in [4.69, 9.17) is 5.11 Å². The molecule has 15 heavy (non-hydrogen) atoms. The number of nitrogens with one attached hydrogen (secondary N) is 2. The number of anilines is 1. The third-order valence-corrected chi connectivity index (χ3v) is 2.51. The molecular formula is C8H12BrN3O3. The van der Waals surface area contributed by atoms with E-state index < -0.39 is 5.60 Å². The van der Waals surface area contributed by atoms with Gasteiger partial charge in [-0.25, -0.2) is 4.98 Å². The van der Waals surface area contributed by atoms with E-state index in [9.17, 15) is 9.90 Å². The first-order valence-electron chi connectivity index (χ1n) is 4.26. The van der Waals surface area contributed by atoms with Crippen LogP contribution >= 0.6 is 15.9 Å². The summed E-state index contributed by atoms with van der Waals surface area (Å²) in [6.45, 7) is 1.19. The van der Waals surface area contributed by atoms with Crippen LogP contribution in [0.1, 0.15) is 6.92 Å². The van der Waals surface area contributed by atoms with Crippen LogP contribution in [0.2, 0.25) is 0 Å². The summed E-state index contributed by atoms with van der Waals surface area (Å²) in [6.07, 6.45) is 1.25. The predicted octanol–water partition coefficient (Wildman–Crippen LogP) is -0.312. The highest BCUT2D eigenvalue weighted by Gasteiger charge is 2.19. The number of nitrogens with zero attached hydrogens (tertiary/aromatic N) is 1. The Balaban J connectivity index is 2.74. The molecule has 6 nitrogen and oxygen atoms in total. The van der Waals surface area contributed by atoms with E-state index in [0.717, 1.165) is 0 Å². The molecule has 1 rings (SSSR count). The molecule has 0 fully saturated rings. The molecule has 1 aromatic rings. The number of halogens is 1.